The Hall–Kier alpha value is -0.940. The summed E-state index contributed by atoms with van der Waals surface area (Å²) >= 11 is 0. The number of rotatable bonds is 2. The average molecular weight is 235 g/mol. The predicted octanol–water partition coefficient (Wildman–Crippen LogP) is 0.408. The van der Waals surface area contributed by atoms with Crippen LogP contribution < -0.4 is 5.32 Å². The van der Waals surface area contributed by atoms with E-state index in [0.29, 0.717) is 6.04 Å². The van der Waals surface area contributed by atoms with Crippen LogP contribution in [0, 0.1) is 0 Å². The fraction of sp³-hybridized carbons (Fsp3) is 0.833. The van der Waals surface area contributed by atoms with Crippen molar-refractivity contribution in [3.63, 3.8) is 0 Å². The summed E-state index contributed by atoms with van der Waals surface area (Å²) in [6.45, 7) is 7.63. The number of fused-ring (bicyclic) bond motifs is 1. The topological polar surface area (TPSA) is 46.0 Å². The summed E-state index contributed by atoms with van der Waals surface area (Å²) in [6.07, 6.45) is 3.64. The zero-order valence-electron chi connectivity index (χ0n) is 10.5. The highest BCUT2D eigenvalue weighted by atomic mass is 15.3. The predicted molar refractivity (Wildman–Crippen MR) is 65.7 cm³/mol. The molecule has 1 atom stereocenters. The first-order chi connectivity index (χ1) is 8.33. The molecular formula is C12H21N5. The molecular weight excluding hydrogens is 214 g/mol. The molecule has 0 amide bonds. The van der Waals surface area contributed by atoms with Crippen LogP contribution in [0.2, 0.25) is 0 Å². The second kappa shape index (κ2) is 4.74. The van der Waals surface area contributed by atoms with E-state index in [0.717, 1.165) is 45.0 Å². The van der Waals surface area contributed by atoms with Crippen LogP contribution in [0.5, 0.6) is 0 Å². The molecule has 17 heavy (non-hydrogen) atoms. The van der Waals surface area contributed by atoms with Crippen LogP contribution in [0.15, 0.2) is 0 Å². The molecule has 1 fully saturated rings. The van der Waals surface area contributed by atoms with Gasteiger partial charge in [-0.3, -0.25) is 4.90 Å². The largest absolute Gasteiger partial charge is 0.314 e. The van der Waals surface area contributed by atoms with Crippen LogP contribution in [-0.2, 0) is 19.5 Å². The smallest absolute Gasteiger partial charge is 0.147 e. The number of aromatic nitrogens is 3. The molecule has 2 aliphatic rings. The minimum absolute atomic E-state index is 0.590. The Kier molecular flexibility index (Phi) is 3.11. The standard InChI is InChI=1S/C12H21N5/c1-10-8-16(7-5-13-10)9-12-15-14-11-4-2-3-6-17(11)12/h10,13H,2-9H2,1H3/t10-/m1/s1. The maximum Gasteiger partial charge on any atom is 0.147 e. The molecule has 0 bridgehead atoms. The third-order valence-corrected chi connectivity index (χ3v) is 3.75. The zero-order chi connectivity index (χ0) is 11.7. The minimum Gasteiger partial charge on any atom is -0.314 e. The van der Waals surface area contributed by atoms with Crippen LogP contribution >= 0.6 is 0 Å². The van der Waals surface area contributed by atoms with E-state index in [-0.39, 0.29) is 0 Å². The first-order valence-corrected chi connectivity index (χ1v) is 6.69. The van der Waals surface area contributed by atoms with Gasteiger partial charge in [0, 0.05) is 38.6 Å². The molecule has 0 aliphatic carbocycles. The highest BCUT2D eigenvalue weighted by Gasteiger charge is 2.20. The monoisotopic (exact) mass is 235 g/mol. The van der Waals surface area contributed by atoms with E-state index in [4.69, 9.17) is 0 Å². The Morgan fingerprint density at radius 3 is 3.12 bits per heavy atom. The lowest BCUT2D eigenvalue weighted by Crippen LogP contribution is -2.48. The zero-order valence-corrected chi connectivity index (χ0v) is 10.5. The van der Waals surface area contributed by atoms with E-state index in [1.165, 1.54) is 18.7 Å². The average Bonchev–Trinajstić information content (AvgIpc) is 2.73. The summed E-state index contributed by atoms with van der Waals surface area (Å²) in [5.74, 6) is 2.35. The lowest BCUT2D eigenvalue weighted by molar-refractivity contribution is 0.192. The third kappa shape index (κ3) is 2.35. The van der Waals surface area contributed by atoms with Crippen molar-refractivity contribution in [1.29, 1.82) is 0 Å². The van der Waals surface area contributed by atoms with Gasteiger partial charge < -0.3 is 9.88 Å². The lowest BCUT2D eigenvalue weighted by Gasteiger charge is -2.31. The fourth-order valence-electron chi connectivity index (χ4n) is 2.84. The van der Waals surface area contributed by atoms with Gasteiger partial charge in [-0.1, -0.05) is 0 Å². The van der Waals surface area contributed by atoms with Gasteiger partial charge in [0.2, 0.25) is 0 Å². The molecule has 1 saturated heterocycles. The van der Waals surface area contributed by atoms with Gasteiger partial charge in [0.1, 0.15) is 11.6 Å². The van der Waals surface area contributed by atoms with Crippen molar-refractivity contribution >= 4 is 0 Å². The highest BCUT2D eigenvalue weighted by Crippen LogP contribution is 2.15. The molecule has 5 heteroatoms. The van der Waals surface area contributed by atoms with Crippen LogP contribution in [0.4, 0.5) is 0 Å². The summed E-state index contributed by atoms with van der Waals surface area (Å²) in [5, 5.41) is 12.1. The lowest BCUT2D eigenvalue weighted by atomic mass is 10.1. The second-order valence-electron chi connectivity index (χ2n) is 5.23. The van der Waals surface area contributed by atoms with Gasteiger partial charge >= 0.3 is 0 Å². The second-order valence-corrected chi connectivity index (χ2v) is 5.23. The van der Waals surface area contributed by atoms with Gasteiger partial charge in [-0.05, 0) is 19.8 Å². The normalized spacial score (nSPS) is 25.8. The summed E-state index contributed by atoms with van der Waals surface area (Å²) in [4.78, 5) is 2.48. The molecule has 1 N–H and O–H groups in total. The third-order valence-electron chi connectivity index (χ3n) is 3.75. The fourth-order valence-corrected chi connectivity index (χ4v) is 2.84. The van der Waals surface area contributed by atoms with E-state index in [1.807, 2.05) is 0 Å². The first kappa shape index (κ1) is 11.2. The summed E-state index contributed by atoms with van der Waals surface area (Å²) < 4.78 is 2.33. The van der Waals surface area contributed by atoms with Crippen LogP contribution in [0.25, 0.3) is 0 Å². The number of aryl methyl sites for hydroxylation is 1. The number of nitrogens with one attached hydrogen (secondary N) is 1. The van der Waals surface area contributed by atoms with Crippen LogP contribution in [0.1, 0.15) is 31.4 Å². The molecule has 5 nitrogen and oxygen atoms in total. The Morgan fingerprint density at radius 2 is 2.24 bits per heavy atom. The van der Waals surface area contributed by atoms with E-state index in [2.05, 4.69) is 31.9 Å². The summed E-state index contributed by atoms with van der Waals surface area (Å²) in [6, 6.07) is 0.590. The van der Waals surface area contributed by atoms with E-state index >= 15 is 0 Å². The molecule has 3 rings (SSSR count). The minimum atomic E-state index is 0.590. The van der Waals surface area contributed by atoms with Gasteiger partial charge in [0.25, 0.3) is 0 Å². The van der Waals surface area contributed by atoms with Gasteiger partial charge in [-0.15, -0.1) is 10.2 Å². The molecule has 2 aliphatic heterocycles. The van der Waals surface area contributed by atoms with Crippen LogP contribution in [-0.4, -0.2) is 45.3 Å². The Labute approximate surface area is 102 Å². The summed E-state index contributed by atoms with van der Waals surface area (Å²) in [7, 11) is 0. The Bertz CT molecular complexity index is 386. The Balaban J connectivity index is 1.70. The van der Waals surface area contributed by atoms with Crippen molar-refractivity contribution in [1.82, 2.24) is 25.0 Å². The maximum atomic E-state index is 4.37. The quantitative estimate of drug-likeness (QED) is 0.806. The van der Waals surface area contributed by atoms with Crippen molar-refractivity contribution < 1.29 is 0 Å². The number of hydrogen-bond acceptors (Lipinski definition) is 4. The van der Waals surface area contributed by atoms with E-state index < -0.39 is 0 Å². The molecule has 0 radical (unpaired) electrons. The number of piperazine rings is 1. The van der Waals surface area contributed by atoms with Crippen molar-refractivity contribution in [2.24, 2.45) is 0 Å². The maximum absolute atomic E-state index is 4.37. The molecule has 94 valence electrons. The van der Waals surface area contributed by atoms with E-state index in [9.17, 15) is 0 Å². The van der Waals surface area contributed by atoms with E-state index in [1.54, 1.807) is 0 Å². The van der Waals surface area contributed by atoms with Crippen molar-refractivity contribution in [3.05, 3.63) is 11.6 Å². The van der Waals surface area contributed by atoms with Gasteiger partial charge in [0.05, 0.1) is 6.54 Å². The van der Waals surface area contributed by atoms with Crippen molar-refractivity contribution in [2.45, 2.75) is 45.3 Å². The Morgan fingerprint density at radius 1 is 1.29 bits per heavy atom. The molecule has 1 aromatic rings. The van der Waals surface area contributed by atoms with Gasteiger partial charge in [-0.25, -0.2) is 0 Å². The molecule has 3 heterocycles. The molecule has 0 unspecified atom stereocenters. The molecule has 1 aromatic heterocycles. The van der Waals surface area contributed by atoms with Gasteiger partial charge in [0.15, 0.2) is 0 Å². The first-order valence-electron chi connectivity index (χ1n) is 6.69. The summed E-state index contributed by atoms with van der Waals surface area (Å²) in [5.41, 5.74) is 0. The molecule has 0 spiro atoms. The van der Waals surface area contributed by atoms with Crippen molar-refractivity contribution in [3.8, 4) is 0 Å². The highest BCUT2D eigenvalue weighted by molar-refractivity contribution is 4.99. The van der Waals surface area contributed by atoms with Gasteiger partial charge in [-0.2, -0.15) is 0 Å². The van der Waals surface area contributed by atoms with Crippen molar-refractivity contribution in [2.75, 3.05) is 19.6 Å². The SMILES string of the molecule is C[C@@H]1CN(Cc2nnc3n2CCCC3)CCN1. The number of hydrogen-bond donors (Lipinski definition) is 1. The number of nitrogens with zero attached hydrogens (tertiary/aromatic N) is 4. The molecule has 0 aromatic carbocycles. The molecule has 0 saturated carbocycles. The van der Waals surface area contributed by atoms with Crippen LogP contribution in [0.3, 0.4) is 0 Å².